The number of benzene rings is 1. The minimum absolute atomic E-state index is 0.0131. The Labute approximate surface area is 123 Å². The van der Waals surface area contributed by atoms with Crippen molar-refractivity contribution < 1.29 is 18.0 Å². The normalized spacial score (nSPS) is 18.9. The summed E-state index contributed by atoms with van der Waals surface area (Å²) in [7, 11) is -3.75. The van der Waals surface area contributed by atoms with E-state index >= 15 is 0 Å². The van der Waals surface area contributed by atoms with E-state index in [-0.39, 0.29) is 29.2 Å². The summed E-state index contributed by atoms with van der Waals surface area (Å²) in [6.07, 6.45) is 0.869. The monoisotopic (exact) mass is 311 g/mol. The summed E-state index contributed by atoms with van der Waals surface area (Å²) in [5, 5.41) is 10.4. The van der Waals surface area contributed by atoms with Gasteiger partial charge in [-0.3, -0.25) is 9.59 Å². The number of sulfonamides is 1. The van der Waals surface area contributed by atoms with Crippen LogP contribution in [0, 0.1) is 5.92 Å². The Morgan fingerprint density at radius 1 is 1.43 bits per heavy atom. The van der Waals surface area contributed by atoms with Gasteiger partial charge in [-0.25, -0.2) is 13.6 Å². The van der Waals surface area contributed by atoms with E-state index in [1.807, 2.05) is 0 Å². The first-order chi connectivity index (χ1) is 9.86. The van der Waals surface area contributed by atoms with Gasteiger partial charge in [-0.05, 0) is 24.1 Å². The van der Waals surface area contributed by atoms with E-state index in [0.29, 0.717) is 24.9 Å². The van der Waals surface area contributed by atoms with Crippen LogP contribution in [-0.2, 0) is 26.2 Å². The van der Waals surface area contributed by atoms with Crippen molar-refractivity contribution in [1.29, 1.82) is 0 Å². The molecule has 0 saturated carbocycles. The Morgan fingerprint density at radius 2 is 2.19 bits per heavy atom. The second-order valence-electron chi connectivity index (χ2n) is 4.95. The van der Waals surface area contributed by atoms with Gasteiger partial charge in [-0.2, -0.15) is 0 Å². The quantitative estimate of drug-likeness (QED) is 0.693. The third-order valence-electron chi connectivity index (χ3n) is 3.33. The number of carbonyl (C=O) groups is 2. The van der Waals surface area contributed by atoms with Crippen LogP contribution < -0.4 is 15.8 Å². The molecule has 1 aliphatic heterocycles. The minimum atomic E-state index is -3.75. The summed E-state index contributed by atoms with van der Waals surface area (Å²) < 4.78 is 22.5. The molecule has 2 amide bonds. The Bertz CT molecular complexity index is 647. The van der Waals surface area contributed by atoms with Crippen molar-refractivity contribution in [3.05, 3.63) is 29.8 Å². The molecule has 0 aromatic heterocycles. The predicted molar refractivity (Wildman–Crippen MR) is 75.4 cm³/mol. The second kappa shape index (κ2) is 6.23. The Morgan fingerprint density at radius 3 is 2.81 bits per heavy atom. The third kappa shape index (κ3) is 4.27. The topological polar surface area (TPSA) is 118 Å². The molecular weight excluding hydrogens is 294 g/mol. The largest absolute Gasteiger partial charge is 0.355 e. The van der Waals surface area contributed by atoms with Gasteiger partial charge >= 0.3 is 0 Å². The van der Waals surface area contributed by atoms with Crippen molar-refractivity contribution in [3.8, 4) is 0 Å². The molecule has 0 bridgehead atoms. The van der Waals surface area contributed by atoms with Gasteiger partial charge in [0.05, 0.1) is 10.8 Å². The summed E-state index contributed by atoms with van der Waals surface area (Å²) >= 11 is 0. The molecule has 1 atom stereocenters. The molecule has 1 aromatic rings. The van der Waals surface area contributed by atoms with Gasteiger partial charge < -0.3 is 10.6 Å². The molecule has 7 nitrogen and oxygen atoms in total. The van der Waals surface area contributed by atoms with Crippen LogP contribution in [-0.4, -0.2) is 26.8 Å². The number of rotatable bonds is 4. The first-order valence-electron chi connectivity index (χ1n) is 6.52. The van der Waals surface area contributed by atoms with Crippen molar-refractivity contribution in [1.82, 2.24) is 10.6 Å². The van der Waals surface area contributed by atoms with Crippen molar-refractivity contribution in [2.45, 2.75) is 24.3 Å². The van der Waals surface area contributed by atoms with Crippen LogP contribution in [0.4, 0.5) is 0 Å². The lowest BCUT2D eigenvalue weighted by molar-refractivity contribution is -0.129. The Hall–Kier alpha value is -1.93. The van der Waals surface area contributed by atoms with Crippen LogP contribution in [0.25, 0.3) is 0 Å². The van der Waals surface area contributed by atoms with Crippen LogP contribution >= 0.6 is 0 Å². The molecule has 4 N–H and O–H groups in total. The third-order valence-corrected chi connectivity index (χ3v) is 4.24. The van der Waals surface area contributed by atoms with Gasteiger partial charge in [0.2, 0.25) is 21.8 Å². The highest BCUT2D eigenvalue weighted by atomic mass is 32.2. The number of carbonyl (C=O) groups excluding carboxylic acids is 2. The molecule has 1 heterocycles. The molecule has 8 heteroatoms. The highest BCUT2D eigenvalue weighted by molar-refractivity contribution is 7.89. The lowest BCUT2D eigenvalue weighted by Gasteiger charge is -2.21. The fourth-order valence-corrected chi connectivity index (χ4v) is 2.71. The number of primary sulfonamides is 1. The molecule has 1 saturated heterocycles. The predicted octanol–water partition coefficient (Wildman–Crippen LogP) is -0.524. The summed E-state index contributed by atoms with van der Waals surface area (Å²) in [6.45, 7) is 0.550. The van der Waals surface area contributed by atoms with Crippen LogP contribution in [0.1, 0.15) is 18.4 Å². The number of hydrogen-bond donors (Lipinski definition) is 3. The standard InChI is InChI=1S/C13H17N3O4S/c14-21(19,20)11-3-1-2-9(6-11)7-16-13(18)10-4-5-12(17)15-8-10/h1-3,6,10H,4-5,7-8H2,(H,15,17)(H,16,18)(H2,14,19,20). The summed E-state index contributed by atoms with van der Waals surface area (Å²) in [6, 6.07) is 6.11. The van der Waals surface area contributed by atoms with Crippen LogP contribution in [0.2, 0.25) is 0 Å². The lowest BCUT2D eigenvalue weighted by Crippen LogP contribution is -2.42. The van der Waals surface area contributed by atoms with Crippen molar-refractivity contribution in [2.24, 2.45) is 11.1 Å². The fourth-order valence-electron chi connectivity index (χ4n) is 2.12. The van der Waals surface area contributed by atoms with E-state index in [4.69, 9.17) is 5.14 Å². The van der Waals surface area contributed by atoms with E-state index in [1.165, 1.54) is 12.1 Å². The number of amides is 2. The maximum Gasteiger partial charge on any atom is 0.238 e. The van der Waals surface area contributed by atoms with Gasteiger partial charge in [0.15, 0.2) is 0 Å². The molecule has 0 radical (unpaired) electrons. The first kappa shape index (κ1) is 15.5. The number of hydrogen-bond acceptors (Lipinski definition) is 4. The average molecular weight is 311 g/mol. The molecule has 1 unspecified atom stereocenters. The molecule has 114 valence electrons. The lowest BCUT2D eigenvalue weighted by atomic mass is 9.98. The number of nitrogens with one attached hydrogen (secondary N) is 2. The molecule has 0 aliphatic carbocycles. The van der Waals surface area contributed by atoms with E-state index < -0.39 is 10.0 Å². The SMILES string of the molecule is NS(=O)(=O)c1cccc(CNC(=O)C2CCC(=O)NC2)c1. The molecule has 1 aliphatic rings. The van der Waals surface area contributed by atoms with Crippen molar-refractivity contribution in [2.75, 3.05) is 6.54 Å². The second-order valence-corrected chi connectivity index (χ2v) is 6.51. The summed E-state index contributed by atoms with van der Waals surface area (Å²) in [5.41, 5.74) is 0.648. The zero-order valence-electron chi connectivity index (χ0n) is 11.3. The van der Waals surface area contributed by atoms with Crippen molar-refractivity contribution >= 4 is 21.8 Å². The highest BCUT2D eigenvalue weighted by Gasteiger charge is 2.24. The molecule has 0 spiro atoms. The first-order valence-corrected chi connectivity index (χ1v) is 8.07. The minimum Gasteiger partial charge on any atom is -0.355 e. The van der Waals surface area contributed by atoms with Gasteiger partial charge in [0.1, 0.15) is 0 Å². The van der Waals surface area contributed by atoms with Gasteiger partial charge in [-0.15, -0.1) is 0 Å². The molecule has 2 rings (SSSR count). The zero-order valence-corrected chi connectivity index (χ0v) is 12.2. The molecule has 1 aromatic carbocycles. The molecular formula is C13H17N3O4S. The van der Waals surface area contributed by atoms with Crippen LogP contribution in [0.5, 0.6) is 0 Å². The van der Waals surface area contributed by atoms with E-state index in [0.717, 1.165) is 0 Å². The maximum atomic E-state index is 12.0. The maximum absolute atomic E-state index is 12.0. The molecule has 1 fully saturated rings. The summed E-state index contributed by atoms with van der Waals surface area (Å²) in [5.74, 6) is -0.444. The van der Waals surface area contributed by atoms with Gasteiger partial charge in [0, 0.05) is 19.5 Å². The van der Waals surface area contributed by atoms with E-state index in [1.54, 1.807) is 12.1 Å². The van der Waals surface area contributed by atoms with E-state index in [9.17, 15) is 18.0 Å². The Balaban J connectivity index is 1.94. The van der Waals surface area contributed by atoms with Crippen LogP contribution in [0.3, 0.4) is 0 Å². The Kier molecular flexibility index (Phi) is 4.59. The average Bonchev–Trinajstić information content (AvgIpc) is 2.45. The van der Waals surface area contributed by atoms with Crippen molar-refractivity contribution in [3.63, 3.8) is 0 Å². The van der Waals surface area contributed by atoms with Crippen LogP contribution in [0.15, 0.2) is 29.2 Å². The number of piperidine rings is 1. The smallest absolute Gasteiger partial charge is 0.238 e. The van der Waals surface area contributed by atoms with Gasteiger partial charge in [0.25, 0.3) is 0 Å². The number of nitrogens with two attached hydrogens (primary N) is 1. The highest BCUT2D eigenvalue weighted by Crippen LogP contribution is 2.12. The fraction of sp³-hybridized carbons (Fsp3) is 0.385. The summed E-state index contributed by atoms with van der Waals surface area (Å²) in [4.78, 5) is 23.0. The van der Waals surface area contributed by atoms with Gasteiger partial charge in [-0.1, -0.05) is 12.1 Å². The zero-order chi connectivity index (χ0) is 15.5. The van der Waals surface area contributed by atoms with E-state index in [2.05, 4.69) is 10.6 Å². The molecule has 21 heavy (non-hydrogen) atoms.